The Bertz CT molecular complexity index is 1100. The van der Waals surface area contributed by atoms with Gasteiger partial charge in [-0.15, -0.1) is 0 Å². The lowest BCUT2D eigenvalue weighted by Gasteiger charge is -2.34. The molecular formula is C21H18ClN3O4. The number of aromatic nitrogens is 1. The molecule has 148 valence electrons. The largest absolute Gasteiger partial charge is 0.478 e. The molecule has 1 fully saturated rings. The summed E-state index contributed by atoms with van der Waals surface area (Å²) in [4.78, 5) is 42.9. The molecule has 2 aromatic carbocycles. The molecule has 0 saturated carbocycles. The van der Waals surface area contributed by atoms with E-state index < -0.39 is 5.97 Å². The number of amides is 2. The lowest BCUT2D eigenvalue weighted by atomic mass is 10.1. The first-order valence-electron chi connectivity index (χ1n) is 9.12. The van der Waals surface area contributed by atoms with E-state index in [-0.39, 0.29) is 17.4 Å². The number of carboxylic acids is 1. The topological polar surface area (TPSA) is 93.7 Å². The number of benzene rings is 2. The third-order valence-electron chi connectivity index (χ3n) is 5.05. The minimum Gasteiger partial charge on any atom is -0.478 e. The van der Waals surface area contributed by atoms with Crippen molar-refractivity contribution in [3.8, 4) is 0 Å². The maximum absolute atomic E-state index is 12.8. The van der Waals surface area contributed by atoms with Gasteiger partial charge in [-0.25, -0.2) is 4.79 Å². The summed E-state index contributed by atoms with van der Waals surface area (Å²) in [6, 6.07) is 13.0. The van der Waals surface area contributed by atoms with Gasteiger partial charge >= 0.3 is 5.97 Å². The second-order valence-corrected chi connectivity index (χ2v) is 7.32. The first kappa shape index (κ1) is 19.0. The Morgan fingerprint density at radius 3 is 2.03 bits per heavy atom. The van der Waals surface area contributed by atoms with Gasteiger partial charge < -0.3 is 19.9 Å². The molecule has 0 unspecified atom stereocenters. The Kier molecular flexibility index (Phi) is 4.98. The van der Waals surface area contributed by atoms with Crippen molar-refractivity contribution < 1.29 is 19.5 Å². The molecule has 1 saturated heterocycles. The number of aromatic carboxylic acids is 1. The molecule has 8 heteroatoms. The monoisotopic (exact) mass is 411 g/mol. The van der Waals surface area contributed by atoms with Crippen LogP contribution < -0.4 is 0 Å². The van der Waals surface area contributed by atoms with Crippen molar-refractivity contribution in [1.29, 1.82) is 0 Å². The number of carbonyl (C=O) groups is 3. The molecule has 0 spiro atoms. The summed E-state index contributed by atoms with van der Waals surface area (Å²) in [5.41, 5.74) is 1.90. The van der Waals surface area contributed by atoms with Crippen LogP contribution in [0.4, 0.5) is 0 Å². The number of nitrogens with one attached hydrogen (secondary N) is 1. The molecule has 0 bridgehead atoms. The number of aromatic amines is 1. The maximum atomic E-state index is 12.8. The van der Waals surface area contributed by atoms with Crippen LogP contribution in [0.15, 0.2) is 48.5 Å². The zero-order valence-electron chi connectivity index (χ0n) is 15.4. The summed E-state index contributed by atoms with van der Waals surface area (Å²) in [6.07, 6.45) is 0. The number of piperazine rings is 1. The van der Waals surface area contributed by atoms with Crippen LogP contribution in [0.3, 0.4) is 0 Å². The van der Waals surface area contributed by atoms with Crippen LogP contribution in [0.1, 0.15) is 31.2 Å². The van der Waals surface area contributed by atoms with Crippen molar-refractivity contribution in [2.75, 3.05) is 26.2 Å². The molecule has 2 heterocycles. The summed E-state index contributed by atoms with van der Waals surface area (Å²) >= 11 is 6.00. The third-order valence-corrected chi connectivity index (χ3v) is 5.28. The van der Waals surface area contributed by atoms with Crippen LogP contribution in [0.5, 0.6) is 0 Å². The molecule has 1 aliphatic rings. The van der Waals surface area contributed by atoms with Crippen molar-refractivity contribution in [1.82, 2.24) is 14.8 Å². The van der Waals surface area contributed by atoms with Crippen LogP contribution in [0, 0.1) is 0 Å². The number of carbonyl (C=O) groups excluding carboxylic acids is 2. The summed E-state index contributed by atoms with van der Waals surface area (Å²) in [5, 5.41) is 10.4. The van der Waals surface area contributed by atoms with Crippen LogP contribution in [0.2, 0.25) is 5.02 Å². The van der Waals surface area contributed by atoms with E-state index in [0.29, 0.717) is 42.5 Å². The molecule has 0 aliphatic carbocycles. The van der Waals surface area contributed by atoms with E-state index in [9.17, 15) is 14.4 Å². The lowest BCUT2D eigenvalue weighted by Crippen LogP contribution is -2.50. The molecule has 7 nitrogen and oxygen atoms in total. The highest BCUT2D eigenvalue weighted by molar-refractivity contribution is 6.31. The fourth-order valence-electron chi connectivity index (χ4n) is 3.44. The molecular weight excluding hydrogens is 394 g/mol. The van der Waals surface area contributed by atoms with Crippen LogP contribution in [0.25, 0.3) is 10.9 Å². The third kappa shape index (κ3) is 3.82. The van der Waals surface area contributed by atoms with E-state index in [2.05, 4.69) is 4.98 Å². The maximum Gasteiger partial charge on any atom is 0.335 e. The first-order chi connectivity index (χ1) is 13.9. The minimum atomic E-state index is -1.03. The van der Waals surface area contributed by atoms with Crippen molar-refractivity contribution in [3.05, 3.63) is 70.4 Å². The Morgan fingerprint density at radius 2 is 1.41 bits per heavy atom. The van der Waals surface area contributed by atoms with Gasteiger partial charge in [-0.3, -0.25) is 9.59 Å². The standard InChI is InChI=1S/C21H18ClN3O4/c22-16-5-6-17-15(11-16)12-18(23-17)20(27)25-9-7-24(8-10-25)19(26)13-1-3-14(4-2-13)21(28)29/h1-6,11-12,23H,7-10H2,(H,28,29). The van der Waals surface area contributed by atoms with Gasteiger partial charge in [-0.05, 0) is 48.5 Å². The number of H-pyrrole nitrogens is 1. The molecule has 2 amide bonds. The van der Waals surface area contributed by atoms with Gasteiger partial charge in [0.25, 0.3) is 11.8 Å². The van der Waals surface area contributed by atoms with E-state index in [0.717, 1.165) is 10.9 Å². The second kappa shape index (κ2) is 7.60. The van der Waals surface area contributed by atoms with Crippen LogP contribution >= 0.6 is 11.6 Å². The fraction of sp³-hybridized carbons (Fsp3) is 0.190. The molecule has 0 atom stereocenters. The van der Waals surface area contributed by atoms with E-state index in [4.69, 9.17) is 16.7 Å². The van der Waals surface area contributed by atoms with Gasteiger partial charge in [0.2, 0.25) is 0 Å². The predicted molar refractivity (Wildman–Crippen MR) is 109 cm³/mol. The van der Waals surface area contributed by atoms with Gasteiger partial charge in [0.15, 0.2) is 0 Å². The average molecular weight is 412 g/mol. The van der Waals surface area contributed by atoms with E-state index >= 15 is 0 Å². The molecule has 4 rings (SSSR count). The highest BCUT2D eigenvalue weighted by Gasteiger charge is 2.26. The molecule has 29 heavy (non-hydrogen) atoms. The molecule has 1 aliphatic heterocycles. The Morgan fingerprint density at radius 1 is 0.828 bits per heavy atom. The number of carboxylic acid groups (broad SMARTS) is 1. The zero-order chi connectivity index (χ0) is 20.5. The number of hydrogen-bond donors (Lipinski definition) is 2. The van der Waals surface area contributed by atoms with Gasteiger partial charge in [0, 0.05) is 47.7 Å². The molecule has 0 radical (unpaired) electrons. The van der Waals surface area contributed by atoms with Crippen molar-refractivity contribution in [2.24, 2.45) is 0 Å². The summed E-state index contributed by atoms with van der Waals surface area (Å²) in [6.45, 7) is 1.68. The van der Waals surface area contributed by atoms with Gasteiger partial charge in [0.1, 0.15) is 5.69 Å². The van der Waals surface area contributed by atoms with Crippen molar-refractivity contribution in [3.63, 3.8) is 0 Å². The van der Waals surface area contributed by atoms with Crippen molar-refractivity contribution >= 4 is 40.3 Å². The summed E-state index contributed by atoms with van der Waals surface area (Å²) < 4.78 is 0. The van der Waals surface area contributed by atoms with Crippen LogP contribution in [-0.2, 0) is 0 Å². The molecule has 1 aromatic heterocycles. The Balaban J connectivity index is 1.41. The van der Waals surface area contributed by atoms with E-state index in [1.165, 1.54) is 24.3 Å². The number of halogens is 1. The molecule has 2 N–H and O–H groups in total. The first-order valence-corrected chi connectivity index (χ1v) is 9.50. The number of nitrogens with zero attached hydrogens (tertiary/aromatic N) is 2. The highest BCUT2D eigenvalue weighted by Crippen LogP contribution is 2.21. The van der Waals surface area contributed by atoms with Gasteiger partial charge in [-0.1, -0.05) is 11.6 Å². The van der Waals surface area contributed by atoms with Crippen molar-refractivity contribution in [2.45, 2.75) is 0 Å². The zero-order valence-corrected chi connectivity index (χ0v) is 16.1. The van der Waals surface area contributed by atoms with Gasteiger partial charge in [-0.2, -0.15) is 0 Å². The van der Waals surface area contributed by atoms with E-state index in [1.54, 1.807) is 28.0 Å². The number of fused-ring (bicyclic) bond motifs is 1. The number of rotatable bonds is 3. The normalized spacial score (nSPS) is 14.2. The number of hydrogen-bond acceptors (Lipinski definition) is 3. The van der Waals surface area contributed by atoms with Crippen LogP contribution in [-0.4, -0.2) is 63.9 Å². The summed E-state index contributed by atoms with van der Waals surface area (Å²) in [5.74, 6) is -1.32. The predicted octanol–water partition coefficient (Wildman–Crippen LogP) is 3.12. The fourth-order valence-corrected chi connectivity index (χ4v) is 3.62. The quantitative estimate of drug-likeness (QED) is 0.692. The SMILES string of the molecule is O=C(O)c1ccc(C(=O)N2CCN(C(=O)c3cc4cc(Cl)ccc4[nH]3)CC2)cc1. The second-order valence-electron chi connectivity index (χ2n) is 6.88. The Labute approximate surface area is 171 Å². The van der Waals surface area contributed by atoms with E-state index in [1.807, 2.05) is 6.07 Å². The minimum absolute atomic E-state index is 0.116. The van der Waals surface area contributed by atoms with Gasteiger partial charge in [0.05, 0.1) is 5.56 Å². The average Bonchev–Trinajstić information content (AvgIpc) is 3.16. The Hall–Kier alpha value is -3.32. The molecule has 3 aromatic rings. The summed E-state index contributed by atoms with van der Waals surface area (Å²) in [7, 11) is 0. The smallest absolute Gasteiger partial charge is 0.335 e. The lowest BCUT2D eigenvalue weighted by molar-refractivity contribution is 0.0533. The highest BCUT2D eigenvalue weighted by atomic mass is 35.5.